The van der Waals surface area contributed by atoms with Crippen molar-refractivity contribution in [3.05, 3.63) is 102 Å². The van der Waals surface area contributed by atoms with Crippen LogP contribution in [-0.2, 0) is 17.8 Å². The van der Waals surface area contributed by atoms with E-state index in [1.54, 1.807) is 6.20 Å². The van der Waals surface area contributed by atoms with Gasteiger partial charge in [0.15, 0.2) is 6.61 Å². The molecule has 0 aliphatic rings. The summed E-state index contributed by atoms with van der Waals surface area (Å²) in [6, 6.07) is 27.9. The van der Waals surface area contributed by atoms with Crippen LogP contribution in [0.2, 0.25) is 0 Å². The first-order valence-electron chi connectivity index (χ1n) is 9.98. The Hall–Kier alpha value is -3.73. The van der Waals surface area contributed by atoms with Gasteiger partial charge >= 0.3 is 0 Å². The number of carbonyl (C=O) groups is 1. The standard InChI is InChI=1S/C25H23N3O2/c29-24(19-30-25-23-14-8-7-13-22(23)17-26-27-25)28(18-21-11-5-2-6-12-21)16-15-20-9-3-1-4-10-20/h1-14,17H,15-16,18-19H2. The normalized spacial score (nSPS) is 10.7. The Bertz CT molecular complexity index is 1100. The molecule has 0 atom stereocenters. The van der Waals surface area contributed by atoms with Crippen LogP contribution in [0.25, 0.3) is 10.8 Å². The van der Waals surface area contributed by atoms with E-state index in [0.29, 0.717) is 19.0 Å². The van der Waals surface area contributed by atoms with Gasteiger partial charge in [-0.3, -0.25) is 4.79 Å². The number of fused-ring (bicyclic) bond motifs is 1. The van der Waals surface area contributed by atoms with Gasteiger partial charge in [-0.05, 0) is 23.6 Å². The minimum absolute atomic E-state index is 0.0791. The highest BCUT2D eigenvalue weighted by Gasteiger charge is 2.16. The SMILES string of the molecule is O=C(COc1nncc2ccccc12)N(CCc1ccccc1)Cc1ccccc1. The van der Waals surface area contributed by atoms with E-state index in [1.807, 2.05) is 77.7 Å². The van der Waals surface area contributed by atoms with Crippen molar-refractivity contribution in [2.45, 2.75) is 13.0 Å². The van der Waals surface area contributed by atoms with E-state index < -0.39 is 0 Å². The van der Waals surface area contributed by atoms with Crippen molar-refractivity contribution in [3.63, 3.8) is 0 Å². The van der Waals surface area contributed by atoms with Crippen LogP contribution in [0.5, 0.6) is 5.88 Å². The van der Waals surface area contributed by atoms with Crippen LogP contribution < -0.4 is 4.74 Å². The maximum atomic E-state index is 13.0. The van der Waals surface area contributed by atoms with Crippen LogP contribution in [0.15, 0.2) is 91.1 Å². The highest BCUT2D eigenvalue weighted by atomic mass is 16.5. The van der Waals surface area contributed by atoms with E-state index in [2.05, 4.69) is 22.3 Å². The second-order valence-electron chi connectivity index (χ2n) is 7.06. The molecule has 0 bridgehead atoms. The number of benzene rings is 3. The van der Waals surface area contributed by atoms with Crippen molar-refractivity contribution in [1.29, 1.82) is 0 Å². The minimum atomic E-state index is -0.0791. The van der Waals surface area contributed by atoms with E-state index in [1.165, 1.54) is 5.56 Å². The summed E-state index contributed by atoms with van der Waals surface area (Å²) in [5.41, 5.74) is 2.29. The number of nitrogens with zero attached hydrogens (tertiary/aromatic N) is 3. The second kappa shape index (κ2) is 9.65. The van der Waals surface area contributed by atoms with Gasteiger partial charge in [-0.2, -0.15) is 5.10 Å². The van der Waals surface area contributed by atoms with E-state index in [-0.39, 0.29) is 12.5 Å². The number of hydrogen-bond acceptors (Lipinski definition) is 4. The summed E-state index contributed by atoms with van der Waals surface area (Å²) in [5.74, 6) is 0.300. The Balaban J connectivity index is 1.46. The summed E-state index contributed by atoms with van der Waals surface area (Å²) in [6.07, 6.45) is 2.47. The molecular formula is C25H23N3O2. The van der Waals surface area contributed by atoms with Crippen molar-refractivity contribution in [2.24, 2.45) is 0 Å². The molecule has 0 spiro atoms. The fourth-order valence-corrected chi connectivity index (χ4v) is 3.33. The summed E-state index contributed by atoms with van der Waals surface area (Å²) >= 11 is 0. The van der Waals surface area contributed by atoms with Crippen LogP contribution in [0.4, 0.5) is 0 Å². The number of carbonyl (C=O) groups excluding carboxylic acids is 1. The summed E-state index contributed by atoms with van der Waals surface area (Å²) in [7, 11) is 0. The number of rotatable bonds is 8. The predicted molar refractivity (Wildman–Crippen MR) is 117 cm³/mol. The summed E-state index contributed by atoms with van der Waals surface area (Å²) in [6.45, 7) is 1.07. The zero-order valence-corrected chi connectivity index (χ0v) is 16.6. The first-order valence-corrected chi connectivity index (χ1v) is 9.98. The molecule has 0 fully saturated rings. The van der Waals surface area contributed by atoms with Gasteiger partial charge in [-0.25, -0.2) is 0 Å². The van der Waals surface area contributed by atoms with Crippen molar-refractivity contribution < 1.29 is 9.53 Å². The van der Waals surface area contributed by atoms with Crippen LogP contribution in [-0.4, -0.2) is 34.2 Å². The topological polar surface area (TPSA) is 55.3 Å². The lowest BCUT2D eigenvalue weighted by Gasteiger charge is -2.23. The van der Waals surface area contributed by atoms with E-state index in [4.69, 9.17) is 4.74 Å². The van der Waals surface area contributed by atoms with Gasteiger partial charge in [0, 0.05) is 23.9 Å². The fraction of sp³-hybridized carbons (Fsp3) is 0.160. The molecule has 3 aromatic carbocycles. The Morgan fingerprint density at radius 3 is 2.27 bits per heavy atom. The average molecular weight is 397 g/mol. The van der Waals surface area contributed by atoms with Crippen LogP contribution in [0, 0.1) is 0 Å². The first kappa shape index (κ1) is 19.6. The lowest BCUT2D eigenvalue weighted by Crippen LogP contribution is -2.36. The number of aromatic nitrogens is 2. The highest BCUT2D eigenvalue weighted by molar-refractivity contribution is 5.86. The van der Waals surface area contributed by atoms with E-state index in [0.717, 1.165) is 22.8 Å². The molecule has 0 saturated heterocycles. The molecule has 4 aromatic rings. The molecule has 5 nitrogen and oxygen atoms in total. The van der Waals surface area contributed by atoms with Crippen LogP contribution >= 0.6 is 0 Å². The molecule has 1 aromatic heterocycles. The molecule has 0 unspecified atom stereocenters. The Morgan fingerprint density at radius 1 is 0.833 bits per heavy atom. The number of hydrogen-bond donors (Lipinski definition) is 0. The molecule has 30 heavy (non-hydrogen) atoms. The first-order chi connectivity index (χ1) is 14.8. The zero-order chi connectivity index (χ0) is 20.6. The molecule has 1 heterocycles. The largest absolute Gasteiger partial charge is 0.466 e. The van der Waals surface area contributed by atoms with Crippen molar-refractivity contribution >= 4 is 16.7 Å². The molecule has 150 valence electrons. The quantitative estimate of drug-likeness (QED) is 0.445. The Labute approximate surface area is 175 Å². The van der Waals surface area contributed by atoms with Gasteiger partial charge in [-0.1, -0.05) is 78.9 Å². The third kappa shape index (κ3) is 5.00. The van der Waals surface area contributed by atoms with Crippen LogP contribution in [0.3, 0.4) is 0 Å². The monoisotopic (exact) mass is 397 g/mol. The molecule has 0 aliphatic carbocycles. The van der Waals surface area contributed by atoms with Crippen molar-refractivity contribution in [2.75, 3.05) is 13.2 Å². The van der Waals surface area contributed by atoms with Gasteiger partial charge in [0.2, 0.25) is 5.88 Å². The van der Waals surface area contributed by atoms with Crippen molar-refractivity contribution in [3.8, 4) is 5.88 Å². The summed E-state index contributed by atoms with van der Waals surface area (Å²) in [4.78, 5) is 14.9. The maximum Gasteiger partial charge on any atom is 0.260 e. The molecule has 1 amide bonds. The van der Waals surface area contributed by atoms with Gasteiger partial charge < -0.3 is 9.64 Å². The van der Waals surface area contributed by atoms with Gasteiger partial charge in [0.05, 0.1) is 6.20 Å². The smallest absolute Gasteiger partial charge is 0.260 e. The molecular weight excluding hydrogens is 374 g/mol. The predicted octanol–water partition coefficient (Wildman–Crippen LogP) is 4.28. The molecule has 4 rings (SSSR count). The Kier molecular flexibility index (Phi) is 6.30. The third-order valence-corrected chi connectivity index (χ3v) is 4.95. The lowest BCUT2D eigenvalue weighted by atomic mass is 10.1. The fourth-order valence-electron chi connectivity index (χ4n) is 3.33. The second-order valence-corrected chi connectivity index (χ2v) is 7.06. The van der Waals surface area contributed by atoms with Gasteiger partial charge in [0.25, 0.3) is 5.91 Å². The van der Waals surface area contributed by atoms with Crippen LogP contribution in [0.1, 0.15) is 11.1 Å². The number of ether oxygens (including phenoxy) is 1. The number of amides is 1. The lowest BCUT2D eigenvalue weighted by molar-refractivity contribution is -0.134. The molecule has 0 saturated carbocycles. The van der Waals surface area contributed by atoms with Gasteiger partial charge in [-0.15, -0.1) is 5.10 Å². The van der Waals surface area contributed by atoms with E-state index in [9.17, 15) is 4.79 Å². The van der Waals surface area contributed by atoms with Gasteiger partial charge in [0.1, 0.15) is 0 Å². The average Bonchev–Trinajstić information content (AvgIpc) is 2.81. The summed E-state index contributed by atoms with van der Waals surface area (Å²) in [5, 5.41) is 9.83. The summed E-state index contributed by atoms with van der Waals surface area (Å²) < 4.78 is 5.79. The molecule has 0 aliphatic heterocycles. The highest BCUT2D eigenvalue weighted by Crippen LogP contribution is 2.21. The molecule has 0 N–H and O–H groups in total. The molecule has 0 radical (unpaired) electrons. The van der Waals surface area contributed by atoms with E-state index >= 15 is 0 Å². The third-order valence-electron chi connectivity index (χ3n) is 4.95. The van der Waals surface area contributed by atoms with Crippen molar-refractivity contribution in [1.82, 2.24) is 15.1 Å². The zero-order valence-electron chi connectivity index (χ0n) is 16.6. The Morgan fingerprint density at radius 2 is 1.50 bits per heavy atom. The minimum Gasteiger partial charge on any atom is -0.466 e. The maximum absolute atomic E-state index is 13.0. The molecule has 5 heteroatoms.